The third-order valence-electron chi connectivity index (χ3n) is 3.79. The highest BCUT2D eigenvalue weighted by molar-refractivity contribution is 7.14. The van der Waals surface area contributed by atoms with E-state index in [1.54, 1.807) is 11.3 Å². The molecule has 0 fully saturated rings. The van der Waals surface area contributed by atoms with Crippen LogP contribution in [0.15, 0.2) is 11.2 Å². The number of hydrazone groups is 1. The van der Waals surface area contributed by atoms with Gasteiger partial charge in [0.25, 0.3) is 5.91 Å². The number of aryl methyl sites for hydroxylation is 1. The summed E-state index contributed by atoms with van der Waals surface area (Å²) in [6, 6.07) is 2.06. The zero-order valence-electron chi connectivity index (χ0n) is 12.7. The summed E-state index contributed by atoms with van der Waals surface area (Å²) in [7, 11) is 0. The minimum atomic E-state index is -0.0621. The fourth-order valence-corrected chi connectivity index (χ4v) is 3.61. The summed E-state index contributed by atoms with van der Waals surface area (Å²) in [6.07, 6.45) is 6.69. The lowest BCUT2D eigenvalue weighted by molar-refractivity contribution is 0.0958. The number of hydrogen-bond acceptors (Lipinski definition) is 3. The second kappa shape index (κ2) is 7.02. The van der Waals surface area contributed by atoms with Crippen LogP contribution in [-0.4, -0.2) is 11.6 Å². The van der Waals surface area contributed by atoms with Crippen molar-refractivity contribution in [3.8, 4) is 0 Å². The van der Waals surface area contributed by atoms with Crippen LogP contribution in [0.2, 0.25) is 0 Å². The van der Waals surface area contributed by atoms with Gasteiger partial charge in [0.2, 0.25) is 0 Å². The highest BCUT2D eigenvalue weighted by Gasteiger charge is 2.20. The summed E-state index contributed by atoms with van der Waals surface area (Å²) in [4.78, 5) is 14.3. The lowest BCUT2D eigenvalue weighted by atomic mass is 9.90. The van der Waals surface area contributed by atoms with Crippen LogP contribution in [-0.2, 0) is 12.8 Å². The monoisotopic (exact) mass is 292 g/mol. The van der Waals surface area contributed by atoms with Crippen molar-refractivity contribution in [1.82, 2.24) is 5.43 Å². The van der Waals surface area contributed by atoms with E-state index >= 15 is 0 Å². The molecule has 1 amide bonds. The van der Waals surface area contributed by atoms with Gasteiger partial charge in [-0.15, -0.1) is 11.3 Å². The maximum atomic E-state index is 12.1. The third-order valence-corrected chi connectivity index (χ3v) is 5.03. The predicted molar refractivity (Wildman–Crippen MR) is 85.6 cm³/mol. The SMILES string of the molecule is CCCCC(C)=NNC(=O)c1cc2c(s1)CCC(C)C2. The predicted octanol–water partition coefficient (Wildman–Crippen LogP) is 4.17. The van der Waals surface area contributed by atoms with Crippen LogP contribution in [0.25, 0.3) is 0 Å². The molecule has 1 aliphatic carbocycles. The molecule has 1 N–H and O–H groups in total. The van der Waals surface area contributed by atoms with Gasteiger partial charge in [0, 0.05) is 10.6 Å². The van der Waals surface area contributed by atoms with E-state index in [2.05, 4.69) is 30.4 Å². The van der Waals surface area contributed by atoms with Gasteiger partial charge in [0.1, 0.15) is 0 Å². The maximum Gasteiger partial charge on any atom is 0.281 e. The molecule has 0 radical (unpaired) electrons. The van der Waals surface area contributed by atoms with Gasteiger partial charge in [-0.25, -0.2) is 5.43 Å². The van der Waals surface area contributed by atoms with Crippen LogP contribution in [0.3, 0.4) is 0 Å². The molecular formula is C16H24N2OS. The second-order valence-electron chi connectivity index (χ2n) is 5.80. The zero-order chi connectivity index (χ0) is 14.5. The number of amides is 1. The number of fused-ring (bicyclic) bond motifs is 1. The Morgan fingerprint density at radius 3 is 3.10 bits per heavy atom. The normalized spacial score (nSPS) is 18.8. The van der Waals surface area contributed by atoms with Gasteiger partial charge in [0.15, 0.2) is 0 Å². The molecule has 0 saturated carbocycles. The van der Waals surface area contributed by atoms with Crippen LogP contribution in [0.5, 0.6) is 0 Å². The van der Waals surface area contributed by atoms with Gasteiger partial charge in [-0.3, -0.25) is 4.79 Å². The minimum Gasteiger partial charge on any atom is -0.266 e. The van der Waals surface area contributed by atoms with E-state index in [-0.39, 0.29) is 5.91 Å². The number of nitrogens with one attached hydrogen (secondary N) is 1. The van der Waals surface area contributed by atoms with Crippen molar-refractivity contribution >= 4 is 23.0 Å². The highest BCUT2D eigenvalue weighted by atomic mass is 32.1. The van der Waals surface area contributed by atoms with Gasteiger partial charge >= 0.3 is 0 Å². The molecule has 1 aliphatic rings. The molecule has 1 aromatic heterocycles. The van der Waals surface area contributed by atoms with Crippen LogP contribution >= 0.6 is 11.3 Å². The minimum absolute atomic E-state index is 0.0621. The molecule has 0 bridgehead atoms. The Balaban J connectivity index is 1.96. The topological polar surface area (TPSA) is 41.5 Å². The first kappa shape index (κ1) is 15.2. The summed E-state index contributed by atoms with van der Waals surface area (Å²) < 4.78 is 0. The van der Waals surface area contributed by atoms with Crippen molar-refractivity contribution < 1.29 is 4.79 Å². The van der Waals surface area contributed by atoms with Crippen LogP contribution in [0.1, 0.15) is 66.6 Å². The zero-order valence-corrected chi connectivity index (χ0v) is 13.5. The maximum absolute atomic E-state index is 12.1. The third kappa shape index (κ3) is 3.92. The number of carbonyl (C=O) groups excluding carboxylic acids is 1. The van der Waals surface area contributed by atoms with Crippen molar-refractivity contribution in [2.45, 2.75) is 59.3 Å². The van der Waals surface area contributed by atoms with Gasteiger partial charge < -0.3 is 0 Å². The van der Waals surface area contributed by atoms with Crippen LogP contribution in [0.4, 0.5) is 0 Å². The largest absolute Gasteiger partial charge is 0.281 e. The number of hydrogen-bond donors (Lipinski definition) is 1. The molecule has 0 aromatic carbocycles. The molecule has 0 saturated heterocycles. The molecule has 20 heavy (non-hydrogen) atoms. The van der Waals surface area contributed by atoms with Crippen LogP contribution < -0.4 is 5.43 Å². The Morgan fingerprint density at radius 2 is 2.35 bits per heavy atom. The number of thiophene rings is 1. The highest BCUT2D eigenvalue weighted by Crippen LogP contribution is 2.32. The Kier molecular flexibility index (Phi) is 5.35. The van der Waals surface area contributed by atoms with E-state index < -0.39 is 0 Å². The molecule has 1 aromatic rings. The van der Waals surface area contributed by atoms with Crippen molar-refractivity contribution in [2.24, 2.45) is 11.0 Å². The van der Waals surface area contributed by atoms with Gasteiger partial charge in [-0.1, -0.05) is 20.3 Å². The van der Waals surface area contributed by atoms with Crippen LogP contribution in [0, 0.1) is 5.92 Å². The molecule has 2 rings (SSSR count). The molecule has 1 unspecified atom stereocenters. The second-order valence-corrected chi connectivity index (χ2v) is 6.94. The molecule has 3 nitrogen and oxygen atoms in total. The number of unbranched alkanes of at least 4 members (excludes halogenated alkanes) is 1. The van der Waals surface area contributed by atoms with Crippen molar-refractivity contribution in [3.63, 3.8) is 0 Å². The van der Waals surface area contributed by atoms with E-state index in [4.69, 9.17) is 0 Å². The summed E-state index contributed by atoms with van der Waals surface area (Å²) in [5.41, 5.74) is 5.05. The average molecular weight is 292 g/mol. The fourth-order valence-electron chi connectivity index (χ4n) is 2.51. The van der Waals surface area contributed by atoms with E-state index in [1.165, 1.54) is 16.9 Å². The van der Waals surface area contributed by atoms with Crippen molar-refractivity contribution in [1.29, 1.82) is 0 Å². The molecule has 0 spiro atoms. The first-order valence-electron chi connectivity index (χ1n) is 7.55. The van der Waals surface area contributed by atoms with E-state index in [1.807, 2.05) is 6.92 Å². The number of carbonyl (C=O) groups is 1. The first-order valence-corrected chi connectivity index (χ1v) is 8.37. The molecule has 0 aliphatic heterocycles. The number of rotatable bonds is 5. The van der Waals surface area contributed by atoms with Gasteiger partial charge in [0.05, 0.1) is 4.88 Å². The Bertz CT molecular complexity index is 505. The van der Waals surface area contributed by atoms with Crippen molar-refractivity contribution in [2.75, 3.05) is 0 Å². The quantitative estimate of drug-likeness (QED) is 0.642. The van der Waals surface area contributed by atoms with Crippen molar-refractivity contribution in [3.05, 3.63) is 21.4 Å². The van der Waals surface area contributed by atoms with E-state index in [0.717, 1.165) is 48.6 Å². The summed E-state index contributed by atoms with van der Waals surface area (Å²) in [6.45, 7) is 6.40. The first-order chi connectivity index (χ1) is 9.60. The molecule has 1 heterocycles. The van der Waals surface area contributed by atoms with E-state index in [9.17, 15) is 4.79 Å². The Morgan fingerprint density at radius 1 is 1.55 bits per heavy atom. The molecule has 4 heteroatoms. The Labute approximate surface area is 125 Å². The molecular weight excluding hydrogens is 268 g/mol. The van der Waals surface area contributed by atoms with E-state index in [0.29, 0.717) is 0 Å². The summed E-state index contributed by atoms with van der Waals surface area (Å²) in [5.74, 6) is 0.676. The van der Waals surface area contributed by atoms with Gasteiger partial charge in [-0.2, -0.15) is 5.10 Å². The summed E-state index contributed by atoms with van der Waals surface area (Å²) in [5, 5.41) is 4.18. The van der Waals surface area contributed by atoms with Gasteiger partial charge in [-0.05, 0) is 56.6 Å². The standard InChI is InChI=1S/C16H24N2OS/c1-4-5-6-12(3)17-18-16(19)15-10-13-9-11(2)7-8-14(13)20-15/h10-11H,4-9H2,1-3H3,(H,18,19). The smallest absolute Gasteiger partial charge is 0.266 e. The summed E-state index contributed by atoms with van der Waals surface area (Å²) >= 11 is 1.63. The fraction of sp³-hybridized carbons (Fsp3) is 0.625. The Hall–Kier alpha value is -1.16. The molecule has 1 atom stereocenters. The average Bonchev–Trinajstić information content (AvgIpc) is 2.85. The lowest BCUT2D eigenvalue weighted by Gasteiger charge is -2.16. The lowest BCUT2D eigenvalue weighted by Crippen LogP contribution is -2.17. The molecule has 110 valence electrons. The number of nitrogens with zero attached hydrogens (tertiary/aromatic N) is 1.